The predicted octanol–water partition coefficient (Wildman–Crippen LogP) is 3.73. The number of nitrogens with one attached hydrogen (secondary N) is 2. The van der Waals surface area contributed by atoms with E-state index in [-0.39, 0.29) is 10.5 Å². The third kappa shape index (κ3) is 7.76. The Balaban J connectivity index is 2.08. The van der Waals surface area contributed by atoms with Crippen molar-refractivity contribution in [3.8, 4) is 0 Å². The molecule has 0 fully saturated rings. The molecule has 9 nitrogen and oxygen atoms in total. The van der Waals surface area contributed by atoms with E-state index in [1.807, 2.05) is 0 Å². The Morgan fingerprint density at radius 2 is 1.61 bits per heavy atom. The first-order valence-electron chi connectivity index (χ1n) is 9.88. The molecule has 0 aromatic heterocycles. The van der Waals surface area contributed by atoms with E-state index in [9.17, 15) is 27.9 Å². The van der Waals surface area contributed by atoms with Crippen LogP contribution in [0.15, 0.2) is 53.4 Å². The summed E-state index contributed by atoms with van der Waals surface area (Å²) < 4.78 is 30.6. The quantitative estimate of drug-likeness (QED) is 0.506. The molecule has 178 valence electrons. The molecule has 0 aliphatic heterocycles. The van der Waals surface area contributed by atoms with Crippen LogP contribution in [-0.4, -0.2) is 48.9 Å². The maximum absolute atomic E-state index is 12.8. The lowest BCUT2D eigenvalue weighted by Gasteiger charge is -2.20. The second-order valence-electron chi connectivity index (χ2n) is 8.16. The number of alkyl carbamates (subject to hydrolysis) is 1. The lowest BCUT2D eigenvalue weighted by atomic mass is 10.1. The van der Waals surface area contributed by atoms with Crippen LogP contribution < -0.4 is 10.6 Å². The maximum Gasteiger partial charge on any atom is 0.407 e. The van der Waals surface area contributed by atoms with Gasteiger partial charge in [0.2, 0.25) is 0 Å². The first kappa shape index (κ1) is 26.1. The number of rotatable bonds is 8. The van der Waals surface area contributed by atoms with Crippen LogP contribution in [0, 0.1) is 0 Å². The number of sulfone groups is 1. The van der Waals surface area contributed by atoms with Crippen molar-refractivity contribution >= 4 is 45.1 Å². The third-order valence-electron chi connectivity index (χ3n) is 4.29. The molecule has 0 bridgehead atoms. The Kier molecular flexibility index (Phi) is 8.45. The van der Waals surface area contributed by atoms with Gasteiger partial charge in [-0.1, -0.05) is 11.6 Å². The van der Waals surface area contributed by atoms with Gasteiger partial charge in [-0.25, -0.2) is 13.2 Å². The number of ether oxygens (including phenoxy) is 1. The van der Waals surface area contributed by atoms with Gasteiger partial charge in [0, 0.05) is 28.2 Å². The fourth-order valence-electron chi connectivity index (χ4n) is 2.71. The molecule has 1 unspecified atom stereocenters. The highest BCUT2D eigenvalue weighted by Gasteiger charge is 2.34. The van der Waals surface area contributed by atoms with Crippen LogP contribution in [0.4, 0.5) is 10.5 Å². The lowest BCUT2D eigenvalue weighted by molar-refractivity contribution is -0.136. The van der Waals surface area contributed by atoms with Crippen LogP contribution in [0.5, 0.6) is 0 Å². The molecule has 1 atom stereocenters. The van der Waals surface area contributed by atoms with Gasteiger partial charge in [-0.3, -0.25) is 9.59 Å². The van der Waals surface area contributed by atoms with E-state index in [4.69, 9.17) is 16.3 Å². The van der Waals surface area contributed by atoms with Crippen molar-refractivity contribution in [2.45, 2.75) is 42.9 Å². The van der Waals surface area contributed by atoms with Crippen molar-refractivity contribution in [3.05, 3.63) is 59.1 Å². The van der Waals surface area contributed by atoms with Crippen LogP contribution in [0.1, 0.15) is 37.6 Å². The number of carboxylic acid groups (broad SMARTS) is 1. The number of aliphatic carboxylic acids is 1. The average molecular weight is 497 g/mol. The highest BCUT2D eigenvalue weighted by Crippen LogP contribution is 2.21. The molecule has 0 saturated carbocycles. The predicted molar refractivity (Wildman–Crippen MR) is 123 cm³/mol. The van der Waals surface area contributed by atoms with Gasteiger partial charge >= 0.3 is 12.1 Å². The molecule has 2 aromatic rings. The number of benzene rings is 2. The molecular weight excluding hydrogens is 472 g/mol. The zero-order chi connectivity index (χ0) is 24.8. The average Bonchev–Trinajstić information content (AvgIpc) is 2.71. The van der Waals surface area contributed by atoms with Crippen molar-refractivity contribution in [2.24, 2.45) is 0 Å². The van der Waals surface area contributed by atoms with Gasteiger partial charge in [-0.05, 0) is 69.3 Å². The minimum absolute atomic E-state index is 0.179. The number of halogens is 1. The number of carboxylic acids is 1. The van der Waals surface area contributed by atoms with Crippen LogP contribution >= 0.6 is 11.6 Å². The minimum atomic E-state index is -4.30. The van der Waals surface area contributed by atoms with Gasteiger partial charge in [-0.2, -0.15) is 0 Å². The molecular formula is C22H25ClN2O7S. The normalized spacial score (nSPS) is 12.5. The summed E-state index contributed by atoms with van der Waals surface area (Å²) in [6.45, 7) is 4.80. The van der Waals surface area contributed by atoms with Gasteiger partial charge in [-0.15, -0.1) is 0 Å². The molecule has 0 heterocycles. The first-order valence-corrected chi connectivity index (χ1v) is 11.8. The summed E-state index contributed by atoms with van der Waals surface area (Å²) in [5.41, 5.74) is 0.122. The molecule has 33 heavy (non-hydrogen) atoms. The molecule has 2 rings (SSSR count). The molecule has 2 aromatic carbocycles. The number of hydrogen-bond donors (Lipinski definition) is 3. The SMILES string of the molecule is CC(C)(C)NC(=O)OCCC(C(=O)O)S(=O)(=O)c1ccc(C(=O)Nc2ccc(Cl)cc2)cc1. The van der Waals surface area contributed by atoms with Crippen LogP contribution in [0.25, 0.3) is 0 Å². The van der Waals surface area contributed by atoms with E-state index in [0.29, 0.717) is 10.7 Å². The third-order valence-corrected chi connectivity index (χ3v) is 6.66. The second-order valence-corrected chi connectivity index (χ2v) is 10.7. The summed E-state index contributed by atoms with van der Waals surface area (Å²) in [6.07, 6.45) is -1.21. The van der Waals surface area contributed by atoms with Crippen LogP contribution in [-0.2, 0) is 19.4 Å². The van der Waals surface area contributed by atoms with Crippen molar-refractivity contribution in [1.82, 2.24) is 5.32 Å². The largest absolute Gasteiger partial charge is 0.480 e. The summed E-state index contributed by atoms with van der Waals surface area (Å²) in [4.78, 5) is 35.4. The fourth-order valence-corrected chi connectivity index (χ4v) is 4.35. The van der Waals surface area contributed by atoms with Crippen LogP contribution in [0.3, 0.4) is 0 Å². The van der Waals surface area contributed by atoms with E-state index in [1.165, 1.54) is 12.1 Å². The minimum Gasteiger partial charge on any atom is -0.480 e. The van der Waals surface area contributed by atoms with Gasteiger partial charge in [0.1, 0.15) is 0 Å². The van der Waals surface area contributed by atoms with E-state index in [0.717, 1.165) is 12.1 Å². The van der Waals surface area contributed by atoms with Gasteiger partial charge in [0.15, 0.2) is 15.1 Å². The Morgan fingerprint density at radius 3 is 2.12 bits per heavy atom. The summed E-state index contributed by atoms with van der Waals surface area (Å²) in [7, 11) is -4.30. The van der Waals surface area contributed by atoms with Gasteiger partial charge in [0.25, 0.3) is 5.91 Å². The van der Waals surface area contributed by atoms with Crippen molar-refractivity contribution in [1.29, 1.82) is 0 Å². The van der Waals surface area contributed by atoms with Crippen molar-refractivity contribution in [3.63, 3.8) is 0 Å². The second kappa shape index (κ2) is 10.7. The van der Waals surface area contributed by atoms with E-state index in [1.54, 1.807) is 45.0 Å². The number of anilines is 1. The lowest BCUT2D eigenvalue weighted by Crippen LogP contribution is -2.41. The summed E-state index contributed by atoms with van der Waals surface area (Å²) in [6, 6.07) is 11.3. The highest BCUT2D eigenvalue weighted by atomic mass is 35.5. The van der Waals surface area contributed by atoms with E-state index in [2.05, 4.69) is 10.6 Å². The molecule has 0 aliphatic rings. The Hall–Kier alpha value is -3.11. The summed E-state index contributed by atoms with van der Waals surface area (Å²) in [5, 5.41) is 13.3. The number of carbonyl (C=O) groups is 3. The smallest absolute Gasteiger partial charge is 0.407 e. The van der Waals surface area contributed by atoms with Gasteiger partial charge < -0.3 is 20.5 Å². The van der Waals surface area contributed by atoms with Crippen LogP contribution in [0.2, 0.25) is 5.02 Å². The van der Waals surface area contributed by atoms with Gasteiger partial charge in [0.05, 0.1) is 11.5 Å². The highest BCUT2D eigenvalue weighted by molar-refractivity contribution is 7.92. The molecule has 0 spiro atoms. The number of carbonyl (C=O) groups excluding carboxylic acids is 2. The van der Waals surface area contributed by atoms with E-state index >= 15 is 0 Å². The zero-order valence-corrected chi connectivity index (χ0v) is 19.9. The molecule has 3 N–H and O–H groups in total. The summed E-state index contributed by atoms with van der Waals surface area (Å²) >= 11 is 5.81. The Morgan fingerprint density at radius 1 is 1.03 bits per heavy atom. The molecule has 11 heteroatoms. The monoisotopic (exact) mass is 496 g/mol. The fraction of sp³-hybridized carbons (Fsp3) is 0.318. The maximum atomic E-state index is 12.8. The molecule has 2 amide bonds. The number of hydrogen-bond acceptors (Lipinski definition) is 6. The first-order chi connectivity index (χ1) is 15.3. The topological polar surface area (TPSA) is 139 Å². The van der Waals surface area contributed by atoms with Crippen molar-refractivity contribution < 1.29 is 32.6 Å². The standard InChI is InChI=1S/C22H25ClN2O7S/c1-22(2,3)25-21(29)32-13-12-18(20(27)28)33(30,31)17-10-4-14(5-11-17)19(26)24-16-8-6-15(23)7-9-16/h4-11,18H,12-13H2,1-3H3,(H,24,26)(H,25,29)(H,27,28). The Bertz CT molecular complexity index is 1110. The molecule has 0 radical (unpaired) electrons. The Labute approximate surface area is 197 Å². The number of amides is 2. The molecule has 0 saturated heterocycles. The van der Waals surface area contributed by atoms with Crippen molar-refractivity contribution in [2.75, 3.05) is 11.9 Å². The van der Waals surface area contributed by atoms with E-state index < -0.39 is 51.6 Å². The summed E-state index contributed by atoms with van der Waals surface area (Å²) in [5.74, 6) is -2.05. The zero-order valence-electron chi connectivity index (χ0n) is 18.3. The molecule has 0 aliphatic carbocycles.